The fourth-order valence-corrected chi connectivity index (χ4v) is 4.28. The molecular weight excluding hydrogens is 412 g/mol. The normalized spacial score (nSPS) is 15.5. The molecule has 1 aliphatic rings. The molecular formula is C25H21F2N3O2. The third-order valence-electron chi connectivity index (χ3n) is 5.81. The van der Waals surface area contributed by atoms with Crippen molar-refractivity contribution >= 4 is 22.5 Å². The van der Waals surface area contributed by atoms with Crippen LogP contribution in [0.25, 0.3) is 10.9 Å². The third kappa shape index (κ3) is 3.99. The number of aryl methyl sites for hydroxylation is 1. The maximum absolute atomic E-state index is 13.8. The van der Waals surface area contributed by atoms with Crippen molar-refractivity contribution in [3.05, 3.63) is 94.9 Å². The molecule has 2 aromatic carbocycles. The van der Waals surface area contributed by atoms with Gasteiger partial charge in [-0.1, -0.05) is 12.1 Å². The molecule has 0 radical (unpaired) electrons. The number of aliphatic hydroxyl groups is 1. The van der Waals surface area contributed by atoms with Crippen LogP contribution in [0.1, 0.15) is 33.7 Å². The highest BCUT2D eigenvalue weighted by molar-refractivity contribution is 6.06. The number of anilines is 1. The lowest BCUT2D eigenvalue weighted by Gasteiger charge is -2.20. The number of hydrogen-bond acceptors (Lipinski definition) is 3. The first-order valence-corrected chi connectivity index (χ1v) is 10.5. The van der Waals surface area contributed by atoms with Gasteiger partial charge in [0, 0.05) is 29.6 Å². The second-order valence-corrected chi connectivity index (χ2v) is 8.13. The minimum absolute atomic E-state index is 0.254. The number of nitrogens with one attached hydrogen (secondary N) is 1. The van der Waals surface area contributed by atoms with Crippen molar-refractivity contribution in [2.24, 2.45) is 0 Å². The molecule has 7 heteroatoms. The van der Waals surface area contributed by atoms with Gasteiger partial charge in [0.15, 0.2) is 0 Å². The minimum Gasteiger partial charge on any atom is -0.393 e. The van der Waals surface area contributed by atoms with E-state index in [-0.39, 0.29) is 18.3 Å². The summed E-state index contributed by atoms with van der Waals surface area (Å²) in [7, 11) is 0. The Morgan fingerprint density at radius 3 is 2.81 bits per heavy atom. The van der Waals surface area contributed by atoms with Crippen LogP contribution in [-0.2, 0) is 19.4 Å². The molecule has 0 bridgehead atoms. The zero-order chi connectivity index (χ0) is 22.2. The van der Waals surface area contributed by atoms with E-state index in [0.717, 1.165) is 11.3 Å². The molecule has 1 amide bonds. The smallest absolute Gasteiger partial charge is 0.272 e. The van der Waals surface area contributed by atoms with Crippen molar-refractivity contribution < 1.29 is 18.7 Å². The Hall–Kier alpha value is -3.58. The van der Waals surface area contributed by atoms with E-state index in [1.807, 2.05) is 6.07 Å². The minimum atomic E-state index is -0.404. The van der Waals surface area contributed by atoms with E-state index < -0.39 is 11.9 Å². The summed E-state index contributed by atoms with van der Waals surface area (Å²) in [5.41, 5.74) is 4.06. The Morgan fingerprint density at radius 1 is 1.12 bits per heavy atom. The second kappa shape index (κ2) is 8.16. The molecule has 2 heterocycles. The highest BCUT2D eigenvalue weighted by atomic mass is 19.1. The molecule has 2 N–H and O–H groups in total. The van der Waals surface area contributed by atoms with E-state index >= 15 is 0 Å². The molecule has 2 aromatic heterocycles. The summed E-state index contributed by atoms with van der Waals surface area (Å²) in [5.74, 6) is -1.14. The number of halogens is 2. The van der Waals surface area contributed by atoms with E-state index in [2.05, 4.69) is 10.3 Å². The molecule has 1 atom stereocenters. The Labute approximate surface area is 183 Å². The van der Waals surface area contributed by atoms with Gasteiger partial charge in [0.1, 0.15) is 17.3 Å². The van der Waals surface area contributed by atoms with Crippen molar-refractivity contribution in [3.63, 3.8) is 0 Å². The van der Waals surface area contributed by atoms with Crippen molar-refractivity contribution in [3.8, 4) is 0 Å². The first-order valence-electron chi connectivity index (χ1n) is 10.5. The van der Waals surface area contributed by atoms with Gasteiger partial charge >= 0.3 is 0 Å². The molecule has 1 aliphatic carbocycles. The average molecular weight is 433 g/mol. The molecule has 0 fully saturated rings. The Bertz CT molecular complexity index is 1330. The molecule has 5 rings (SSSR count). The van der Waals surface area contributed by atoms with Gasteiger partial charge in [-0.3, -0.25) is 9.78 Å². The van der Waals surface area contributed by atoms with Crippen LogP contribution >= 0.6 is 0 Å². The monoisotopic (exact) mass is 433 g/mol. The number of pyridine rings is 1. The number of carbonyl (C=O) groups excluding carboxylic acids is 1. The summed E-state index contributed by atoms with van der Waals surface area (Å²) < 4.78 is 29.3. The first-order chi connectivity index (χ1) is 15.5. The molecule has 0 spiro atoms. The zero-order valence-electron chi connectivity index (χ0n) is 17.2. The highest BCUT2D eigenvalue weighted by Crippen LogP contribution is 2.26. The number of amides is 1. The van der Waals surface area contributed by atoms with Crippen LogP contribution in [0.15, 0.2) is 60.8 Å². The lowest BCUT2D eigenvalue weighted by Crippen LogP contribution is -2.21. The Balaban J connectivity index is 1.50. The number of rotatable bonds is 4. The van der Waals surface area contributed by atoms with E-state index in [9.17, 15) is 18.7 Å². The van der Waals surface area contributed by atoms with Gasteiger partial charge in [0.25, 0.3) is 5.91 Å². The Morgan fingerprint density at radius 2 is 1.97 bits per heavy atom. The molecule has 0 saturated heterocycles. The lowest BCUT2D eigenvalue weighted by molar-refractivity contribution is 0.101. The van der Waals surface area contributed by atoms with Gasteiger partial charge in [-0.15, -0.1) is 0 Å². The molecule has 0 aliphatic heterocycles. The summed E-state index contributed by atoms with van der Waals surface area (Å²) in [4.78, 5) is 17.6. The number of fused-ring (bicyclic) bond motifs is 2. The van der Waals surface area contributed by atoms with Gasteiger partial charge in [0.05, 0.1) is 18.0 Å². The van der Waals surface area contributed by atoms with Gasteiger partial charge in [0.2, 0.25) is 0 Å². The average Bonchev–Trinajstić information content (AvgIpc) is 3.11. The number of benzene rings is 2. The summed E-state index contributed by atoms with van der Waals surface area (Å²) in [6, 6.07) is 14.0. The number of carbonyl (C=O) groups is 1. The van der Waals surface area contributed by atoms with Crippen LogP contribution in [0.3, 0.4) is 0 Å². The standard InChI is InChI=1S/C25H21F2N3O2/c26-18-3-1-2-15(8-18)14-30-23-7-4-19(27)9-17(23)12-24(30)25(32)29-20-10-16-11-21(31)5-6-22(16)28-13-20/h1-4,7-10,12-13,21,31H,5-6,11,14H2,(H,29,32). The summed E-state index contributed by atoms with van der Waals surface area (Å²) in [6.45, 7) is 0.254. The molecule has 1 unspecified atom stereocenters. The Kier molecular flexibility index (Phi) is 5.19. The number of nitrogens with zero attached hydrogens (tertiary/aromatic N) is 2. The maximum Gasteiger partial charge on any atom is 0.272 e. The first kappa shape index (κ1) is 20.3. The van der Waals surface area contributed by atoms with E-state index in [1.165, 1.54) is 24.3 Å². The van der Waals surface area contributed by atoms with Crippen LogP contribution in [-0.4, -0.2) is 26.7 Å². The quantitative estimate of drug-likeness (QED) is 0.499. The van der Waals surface area contributed by atoms with Crippen LogP contribution in [0.4, 0.5) is 14.5 Å². The predicted octanol–water partition coefficient (Wildman–Crippen LogP) is 4.46. The van der Waals surface area contributed by atoms with Crippen molar-refractivity contribution in [1.82, 2.24) is 9.55 Å². The van der Waals surface area contributed by atoms with Gasteiger partial charge in [-0.2, -0.15) is 0 Å². The predicted molar refractivity (Wildman–Crippen MR) is 118 cm³/mol. The summed E-state index contributed by atoms with van der Waals surface area (Å²) in [6.07, 6.45) is 3.10. The van der Waals surface area contributed by atoms with Crippen LogP contribution in [0.5, 0.6) is 0 Å². The van der Waals surface area contributed by atoms with E-state index in [4.69, 9.17) is 0 Å². The third-order valence-corrected chi connectivity index (χ3v) is 5.81. The fourth-order valence-electron chi connectivity index (χ4n) is 4.28. The number of hydrogen-bond donors (Lipinski definition) is 2. The zero-order valence-corrected chi connectivity index (χ0v) is 17.2. The van der Waals surface area contributed by atoms with Crippen molar-refractivity contribution in [1.29, 1.82) is 0 Å². The largest absolute Gasteiger partial charge is 0.393 e. The molecule has 4 aromatic rings. The maximum atomic E-state index is 13.8. The van der Waals surface area contributed by atoms with E-state index in [1.54, 1.807) is 35.0 Å². The molecule has 32 heavy (non-hydrogen) atoms. The molecule has 0 saturated carbocycles. The molecule has 162 valence electrons. The second-order valence-electron chi connectivity index (χ2n) is 8.13. The fraction of sp³-hybridized carbons (Fsp3) is 0.200. The van der Waals surface area contributed by atoms with Gasteiger partial charge < -0.3 is 15.0 Å². The SMILES string of the molecule is O=C(Nc1cnc2c(c1)CC(O)CC2)c1cc2cc(F)ccc2n1Cc1cccc(F)c1. The summed E-state index contributed by atoms with van der Waals surface area (Å²) in [5, 5.41) is 13.4. The van der Waals surface area contributed by atoms with E-state index in [0.29, 0.717) is 47.1 Å². The highest BCUT2D eigenvalue weighted by Gasteiger charge is 2.20. The number of aromatic nitrogens is 2. The van der Waals surface area contributed by atoms with Crippen LogP contribution in [0.2, 0.25) is 0 Å². The van der Waals surface area contributed by atoms with Crippen molar-refractivity contribution in [2.45, 2.75) is 31.9 Å². The van der Waals surface area contributed by atoms with Gasteiger partial charge in [-0.05, 0) is 66.4 Å². The lowest BCUT2D eigenvalue weighted by atomic mass is 9.93. The van der Waals surface area contributed by atoms with Crippen LogP contribution in [0, 0.1) is 11.6 Å². The topological polar surface area (TPSA) is 67.2 Å². The van der Waals surface area contributed by atoms with Crippen LogP contribution < -0.4 is 5.32 Å². The number of aliphatic hydroxyl groups excluding tert-OH is 1. The van der Waals surface area contributed by atoms with Crippen molar-refractivity contribution in [2.75, 3.05) is 5.32 Å². The van der Waals surface area contributed by atoms with Gasteiger partial charge in [-0.25, -0.2) is 8.78 Å². The summed E-state index contributed by atoms with van der Waals surface area (Å²) >= 11 is 0. The molecule has 5 nitrogen and oxygen atoms in total.